The highest BCUT2D eigenvalue weighted by Gasteiger charge is 2.44. The van der Waals surface area contributed by atoms with Gasteiger partial charge in [-0.05, 0) is 58.6 Å². The number of hydrogen-bond donors (Lipinski definition) is 2. The van der Waals surface area contributed by atoms with Crippen LogP contribution in [0.15, 0.2) is 28.2 Å². The van der Waals surface area contributed by atoms with Crippen molar-refractivity contribution in [3.63, 3.8) is 0 Å². The molecule has 0 radical (unpaired) electrons. The standard InChI is InChI=1S/C23H34FN7O2/c1-22(2,3)33-21(32)30-14-12-29(13-15-30)18-16(24)8-7-9-17(18)31-20(26)27-19(25)28-23(31)10-5-4-6-11-23/h7-9H,4-6,10-15H2,1-3H3,(H4,25,26,27,28). The quantitative estimate of drug-likeness (QED) is 0.703. The number of para-hydroxylation sites is 1. The molecule has 3 aliphatic rings. The molecule has 2 fully saturated rings. The van der Waals surface area contributed by atoms with E-state index in [9.17, 15) is 4.79 Å². The number of ether oxygens (including phenoxy) is 1. The summed E-state index contributed by atoms with van der Waals surface area (Å²) in [5.74, 6) is 0.0396. The predicted molar refractivity (Wildman–Crippen MR) is 128 cm³/mol. The lowest BCUT2D eigenvalue weighted by atomic mass is 9.87. The summed E-state index contributed by atoms with van der Waals surface area (Å²) in [4.78, 5) is 26.9. The van der Waals surface area contributed by atoms with Gasteiger partial charge in [0.15, 0.2) is 0 Å². The molecule has 1 aromatic rings. The Bertz CT molecular complexity index is 958. The molecule has 1 saturated heterocycles. The number of amides is 1. The topological polar surface area (TPSA) is 113 Å². The van der Waals surface area contributed by atoms with Gasteiger partial charge in [0.2, 0.25) is 11.9 Å². The Morgan fingerprint density at radius 2 is 1.76 bits per heavy atom. The second-order valence-corrected chi connectivity index (χ2v) is 9.88. The van der Waals surface area contributed by atoms with Crippen molar-refractivity contribution in [2.24, 2.45) is 21.5 Å². The summed E-state index contributed by atoms with van der Waals surface area (Å²) < 4.78 is 20.8. The van der Waals surface area contributed by atoms with Crippen LogP contribution in [0.1, 0.15) is 52.9 Å². The van der Waals surface area contributed by atoms with Gasteiger partial charge in [-0.2, -0.15) is 4.99 Å². The third-order valence-corrected chi connectivity index (χ3v) is 6.31. The molecule has 4 N–H and O–H groups in total. The lowest BCUT2D eigenvalue weighted by Gasteiger charge is -2.47. The van der Waals surface area contributed by atoms with Gasteiger partial charge in [-0.15, -0.1) is 0 Å². The highest BCUT2D eigenvalue weighted by molar-refractivity contribution is 6.07. The summed E-state index contributed by atoms with van der Waals surface area (Å²) in [5.41, 5.74) is 12.2. The number of hydrogen-bond acceptors (Lipinski definition) is 8. The van der Waals surface area contributed by atoms with Crippen LogP contribution in [0.5, 0.6) is 0 Å². The van der Waals surface area contributed by atoms with E-state index in [0.29, 0.717) is 37.6 Å². The van der Waals surface area contributed by atoms with E-state index in [-0.39, 0.29) is 23.8 Å². The molecule has 1 aliphatic carbocycles. The van der Waals surface area contributed by atoms with Crippen molar-refractivity contribution in [2.75, 3.05) is 36.0 Å². The molecular formula is C23H34FN7O2. The Kier molecular flexibility index (Phi) is 6.11. The van der Waals surface area contributed by atoms with Crippen molar-refractivity contribution in [3.8, 4) is 0 Å². The summed E-state index contributed by atoms with van der Waals surface area (Å²) in [5, 5.41) is 0. The van der Waals surface area contributed by atoms with Crippen LogP contribution in [0.4, 0.5) is 20.6 Å². The highest BCUT2D eigenvalue weighted by Crippen LogP contribution is 2.43. The fourth-order valence-electron chi connectivity index (χ4n) is 4.91. The molecule has 0 aromatic heterocycles. The van der Waals surface area contributed by atoms with Gasteiger partial charge in [-0.1, -0.05) is 12.5 Å². The SMILES string of the molecule is CC(C)(C)OC(=O)N1CCN(c2c(F)cccc2N2C(N)=NC(N)=NC23CCCCC3)CC1. The second kappa shape index (κ2) is 8.72. The molecule has 1 spiro atoms. The Labute approximate surface area is 194 Å². The van der Waals surface area contributed by atoms with Gasteiger partial charge in [-0.3, -0.25) is 4.90 Å². The van der Waals surface area contributed by atoms with Crippen LogP contribution in [0, 0.1) is 5.82 Å². The van der Waals surface area contributed by atoms with E-state index in [4.69, 9.17) is 21.2 Å². The van der Waals surface area contributed by atoms with Crippen molar-refractivity contribution in [1.29, 1.82) is 0 Å². The van der Waals surface area contributed by atoms with E-state index < -0.39 is 11.3 Å². The number of halogens is 1. The largest absolute Gasteiger partial charge is 0.444 e. The Balaban J connectivity index is 1.62. The molecular weight excluding hydrogens is 425 g/mol. The number of piperazine rings is 1. The monoisotopic (exact) mass is 459 g/mol. The van der Waals surface area contributed by atoms with Crippen molar-refractivity contribution < 1.29 is 13.9 Å². The molecule has 1 aromatic carbocycles. The van der Waals surface area contributed by atoms with Crippen LogP contribution in [0.2, 0.25) is 0 Å². The first-order valence-electron chi connectivity index (χ1n) is 11.6. The summed E-state index contributed by atoms with van der Waals surface area (Å²) in [6, 6.07) is 4.98. The van der Waals surface area contributed by atoms with Crippen molar-refractivity contribution in [1.82, 2.24) is 4.90 Å². The summed E-state index contributed by atoms with van der Waals surface area (Å²) >= 11 is 0. The number of benzene rings is 1. The summed E-state index contributed by atoms with van der Waals surface area (Å²) in [6.45, 7) is 7.33. The number of carbonyl (C=O) groups is 1. The number of nitrogens with zero attached hydrogens (tertiary/aromatic N) is 5. The third kappa shape index (κ3) is 4.69. The van der Waals surface area contributed by atoms with Gasteiger partial charge in [0.05, 0.1) is 11.4 Å². The highest BCUT2D eigenvalue weighted by atomic mass is 19.1. The van der Waals surface area contributed by atoms with Crippen LogP contribution < -0.4 is 21.3 Å². The molecule has 0 bridgehead atoms. The molecule has 33 heavy (non-hydrogen) atoms. The minimum atomic E-state index is -0.658. The van der Waals surface area contributed by atoms with Gasteiger partial charge in [-0.25, -0.2) is 14.2 Å². The van der Waals surface area contributed by atoms with E-state index in [1.807, 2.05) is 36.6 Å². The molecule has 2 aliphatic heterocycles. The Morgan fingerprint density at radius 3 is 2.39 bits per heavy atom. The van der Waals surface area contributed by atoms with Crippen molar-refractivity contribution in [3.05, 3.63) is 24.0 Å². The number of guanidine groups is 2. The molecule has 4 rings (SSSR count). The molecule has 10 heteroatoms. The van der Waals surface area contributed by atoms with Crippen LogP contribution in [0.3, 0.4) is 0 Å². The number of rotatable bonds is 2. The number of anilines is 2. The van der Waals surface area contributed by atoms with Crippen molar-refractivity contribution >= 4 is 29.4 Å². The van der Waals surface area contributed by atoms with E-state index in [2.05, 4.69) is 4.99 Å². The molecule has 2 heterocycles. The van der Waals surface area contributed by atoms with E-state index >= 15 is 4.39 Å². The Morgan fingerprint density at radius 1 is 1.09 bits per heavy atom. The Hall–Kier alpha value is -3.04. The van der Waals surface area contributed by atoms with E-state index in [0.717, 1.165) is 32.1 Å². The zero-order valence-corrected chi connectivity index (χ0v) is 19.7. The smallest absolute Gasteiger partial charge is 0.410 e. The first-order valence-corrected chi connectivity index (χ1v) is 11.6. The lowest BCUT2D eigenvalue weighted by Crippen LogP contribution is -2.59. The maximum atomic E-state index is 15.3. The van der Waals surface area contributed by atoms with Crippen LogP contribution >= 0.6 is 0 Å². The summed E-state index contributed by atoms with van der Waals surface area (Å²) in [6.07, 6.45) is 4.28. The first-order chi connectivity index (χ1) is 15.6. The van der Waals surface area contributed by atoms with E-state index in [1.165, 1.54) is 6.07 Å². The normalized spacial score (nSPS) is 21.0. The maximum absolute atomic E-state index is 15.3. The van der Waals surface area contributed by atoms with Crippen LogP contribution in [-0.2, 0) is 4.74 Å². The third-order valence-electron chi connectivity index (χ3n) is 6.31. The second-order valence-electron chi connectivity index (χ2n) is 9.88. The zero-order chi connectivity index (χ0) is 23.8. The molecule has 0 atom stereocenters. The van der Waals surface area contributed by atoms with Gasteiger partial charge >= 0.3 is 6.09 Å². The molecule has 180 valence electrons. The van der Waals surface area contributed by atoms with Gasteiger partial charge in [0.25, 0.3) is 0 Å². The lowest BCUT2D eigenvalue weighted by molar-refractivity contribution is 0.0240. The molecule has 1 saturated carbocycles. The fourth-order valence-corrected chi connectivity index (χ4v) is 4.91. The average Bonchev–Trinajstić information content (AvgIpc) is 2.73. The minimum absolute atomic E-state index is 0.162. The number of carbonyl (C=O) groups excluding carboxylic acids is 1. The maximum Gasteiger partial charge on any atom is 0.410 e. The molecule has 1 amide bonds. The molecule has 9 nitrogen and oxygen atoms in total. The fraction of sp³-hybridized carbons (Fsp3) is 0.609. The first kappa shape index (κ1) is 23.1. The number of aliphatic imine (C=N–C) groups is 2. The molecule has 0 unspecified atom stereocenters. The number of nitrogens with two attached hydrogens (primary N) is 2. The summed E-state index contributed by atoms with van der Waals surface area (Å²) in [7, 11) is 0. The van der Waals surface area contributed by atoms with E-state index in [1.54, 1.807) is 11.0 Å². The average molecular weight is 460 g/mol. The zero-order valence-electron chi connectivity index (χ0n) is 19.7. The van der Waals surface area contributed by atoms with Crippen LogP contribution in [0.25, 0.3) is 0 Å². The predicted octanol–water partition coefficient (Wildman–Crippen LogP) is 2.99. The van der Waals surface area contributed by atoms with Gasteiger partial charge < -0.3 is 26.0 Å². The van der Waals surface area contributed by atoms with Gasteiger partial charge in [0.1, 0.15) is 17.1 Å². The minimum Gasteiger partial charge on any atom is -0.444 e. The van der Waals surface area contributed by atoms with Crippen molar-refractivity contribution in [2.45, 2.75) is 64.1 Å². The van der Waals surface area contributed by atoms with Crippen LogP contribution in [-0.4, -0.2) is 60.4 Å². The van der Waals surface area contributed by atoms with Gasteiger partial charge in [0, 0.05) is 26.2 Å².